The Morgan fingerprint density at radius 2 is 2.13 bits per heavy atom. The van der Waals surface area contributed by atoms with E-state index >= 15 is 0 Å². The van der Waals surface area contributed by atoms with E-state index < -0.39 is 5.97 Å². The number of rotatable bonds is 1. The molecule has 0 bridgehead atoms. The summed E-state index contributed by atoms with van der Waals surface area (Å²) in [6.07, 6.45) is 1.45. The van der Waals surface area contributed by atoms with Crippen LogP contribution in [0.1, 0.15) is 10.5 Å². The molecule has 0 saturated carbocycles. The topological polar surface area (TPSA) is 76.2 Å². The van der Waals surface area contributed by atoms with Crippen LogP contribution in [0.2, 0.25) is 0 Å². The normalized spacial score (nSPS) is 10.5. The largest absolute Gasteiger partial charge is 0.476 e. The summed E-state index contributed by atoms with van der Waals surface area (Å²) >= 11 is 3.34. The SMILES string of the molecule is Nc1ccc(Br)c2ccnc(C(=O)O)c12. The number of nitrogen functional groups attached to an aromatic ring is 1. The first kappa shape index (κ1) is 9.92. The van der Waals surface area contributed by atoms with Crippen LogP contribution >= 0.6 is 15.9 Å². The molecule has 1 heterocycles. The number of aromatic nitrogens is 1. The zero-order valence-corrected chi connectivity index (χ0v) is 9.15. The van der Waals surface area contributed by atoms with Crippen molar-refractivity contribution in [2.45, 2.75) is 0 Å². The lowest BCUT2D eigenvalue weighted by Crippen LogP contribution is -2.03. The Balaban J connectivity index is 2.96. The number of carboxylic acids is 1. The van der Waals surface area contributed by atoms with Crippen molar-refractivity contribution in [1.29, 1.82) is 0 Å². The highest BCUT2D eigenvalue weighted by Gasteiger charge is 2.13. The van der Waals surface area contributed by atoms with E-state index in [0.717, 1.165) is 9.86 Å². The Morgan fingerprint density at radius 3 is 2.80 bits per heavy atom. The van der Waals surface area contributed by atoms with E-state index in [1.807, 2.05) is 0 Å². The van der Waals surface area contributed by atoms with Crippen molar-refractivity contribution in [2.24, 2.45) is 0 Å². The minimum absolute atomic E-state index is 0.0219. The van der Waals surface area contributed by atoms with Crippen molar-refractivity contribution < 1.29 is 9.90 Å². The highest BCUT2D eigenvalue weighted by molar-refractivity contribution is 9.10. The van der Waals surface area contributed by atoms with Gasteiger partial charge in [0.2, 0.25) is 0 Å². The molecule has 0 aliphatic carbocycles. The lowest BCUT2D eigenvalue weighted by molar-refractivity contribution is 0.0693. The van der Waals surface area contributed by atoms with Crippen LogP contribution in [-0.4, -0.2) is 16.1 Å². The predicted octanol–water partition coefficient (Wildman–Crippen LogP) is 2.28. The van der Waals surface area contributed by atoms with Crippen LogP contribution < -0.4 is 5.73 Å². The van der Waals surface area contributed by atoms with Gasteiger partial charge in [-0.05, 0) is 18.2 Å². The van der Waals surface area contributed by atoms with Gasteiger partial charge in [-0.25, -0.2) is 9.78 Å². The molecule has 0 radical (unpaired) electrons. The quantitative estimate of drug-likeness (QED) is 0.777. The van der Waals surface area contributed by atoms with E-state index in [1.165, 1.54) is 6.20 Å². The second-order valence-electron chi connectivity index (χ2n) is 3.02. The average molecular weight is 267 g/mol. The molecule has 0 fully saturated rings. The first-order valence-corrected chi connectivity index (χ1v) is 4.96. The van der Waals surface area contributed by atoms with Crippen LogP contribution in [0.5, 0.6) is 0 Å². The number of nitrogens with zero attached hydrogens (tertiary/aromatic N) is 1. The molecule has 2 aromatic rings. The zero-order valence-electron chi connectivity index (χ0n) is 7.57. The Labute approximate surface area is 93.9 Å². The summed E-state index contributed by atoms with van der Waals surface area (Å²) in [5.74, 6) is -1.08. The Morgan fingerprint density at radius 1 is 1.40 bits per heavy atom. The molecule has 0 atom stereocenters. The number of anilines is 1. The first-order chi connectivity index (χ1) is 7.11. The molecule has 0 aliphatic rings. The second-order valence-corrected chi connectivity index (χ2v) is 3.88. The van der Waals surface area contributed by atoms with Gasteiger partial charge < -0.3 is 10.8 Å². The molecule has 15 heavy (non-hydrogen) atoms. The molecule has 2 rings (SSSR count). The Kier molecular flexibility index (Phi) is 2.32. The van der Waals surface area contributed by atoms with Crippen molar-refractivity contribution in [3.63, 3.8) is 0 Å². The predicted molar refractivity (Wildman–Crippen MR) is 60.8 cm³/mol. The monoisotopic (exact) mass is 266 g/mol. The van der Waals surface area contributed by atoms with E-state index in [1.54, 1.807) is 18.2 Å². The van der Waals surface area contributed by atoms with Gasteiger partial charge in [-0.3, -0.25) is 0 Å². The Bertz CT molecular complexity index is 554. The molecule has 5 heteroatoms. The first-order valence-electron chi connectivity index (χ1n) is 4.17. The van der Waals surface area contributed by atoms with Gasteiger partial charge in [0.05, 0.1) is 0 Å². The van der Waals surface area contributed by atoms with E-state index in [4.69, 9.17) is 10.8 Å². The van der Waals surface area contributed by atoms with Crippen LogP contribution in [0.4, 0.5) is 5.69 Å². The van der Waals surface area contributed by atoms with Crippen LogP contribution in [0.25, 0.3) is 10.8 Å². The van der Waals surface area contributed by atoms with Gasteiger partial charge in [-0.1, -0.05) is 15.9 Å². The summed E-state index contributed by atoms with van der Waals surface area (Å²) in [7, 11) is 0. The fraction of sp³-hybridized carbons (Fsp3) is 0. The molecule has 76 valence electrons. The molecule has 0 saturated heterocycles. The van der Waals surface area contributed by atoms with Crippen LogP contribution in [-0.2, 0) is 0 Å². The van der Waals surface area contributed by atoms with Gasteiger partial charge in [0, 0.05) is 27.1 Å². The summed E-state index contributed by atoms with van der Waals surface area (Å²) < 4.78 is 0.802. The van der Waals surface area contributed by atoms with Crippen molar-refractivity contribution in [1.82, 2.24) is 4.98 Å². The number of carbonyl (C=O) groups is 1. The summed E-state index contributed by atoms with van der Waals surface area (Å²) in [5, 5.41) is 10.2. The van der Waals surface area contributed by atoms with Gasteiger partial charge in [-0.2, -0.15) is 0 Å². The average Bonchev–Trinajstić information content (AvgIpc) is 2.23. The van der Waals surface area contributed by atoms with Gasteiger partial charge in [0.1, 0.15) is 0 Å². The fourth-order valence-electron chi connectivity index (χ4n) is 1.45. The lowest BCUT2D eigenvalue weighted by Gasteiger charge is -2.06. The molecular weight excluding hydrogens is 260 g/mol. The van der Waals surface area contributed by atoms with Gasteiger partial charge in [0.25, 0.3) is 0 Å². The van der Waals surface area contributed by atoms with Crippen LogP contribution in [0, 0.1) is 0 Å². The maximum atomic E-state index is 10.9. The molecule has 1 aromatic heterocycles. The third-order valence-corrected chi connectivity index (χ3v) is 2.80. The molecule has 0 aliphatic heterocycles. The number of benzene rings is 1. The summed E-state index contributed by atoms with van der Waals surface area (Å²) in [5.41, 5.74) is 6.13. The van der Waals surface area contributed by atoms with E-state index in [-0.39, 0.29) is 5.69 Å². The number of halogens is 1. The van der Waals surface area contributed by atoms with Crippen LogP contribution in [0.3, 0.4) is 0 Å². The van der Waals surface area contributed by atoms with Gasteiger partial charge in [0.15, 0.2) is 5.69 Å². The highest BCUT2D eigenvalue weighted by atomic mass is 79.9. The standard InChI is InChI=1S/C10H7BrN2O2/c11-6-1-2-7(12)8-5(6)3-4-13-9(8)10(14)15/h1-4H,12H2,(H,14,15). The Hall–Kier alpha value is -1.62. The van der Waals surface area contributed by atoms with Gasteiger partial charge >= 0.3 is 5.97 Å². The van der Waals surface area contributed by atoms with Crippen molar-refractivity contribution in [2.75, 3.05) is 5.73 Å². The molecule has 0 spiro atoms. The minimum Gasteiger partial charge on any atom is -0.476 e. The highest BCUT2D eigenvalue weighted by Crippen LogP contribution is 2.29. The van der Waals surface area contributed by atoms with E-state index in [0.29, 0.717) is 11.1 Å². The van der Waals surface area contributed by atoms with Gasteiger partial charge in [-0.15, -0.1) is 0 Å². The molecule has 0 amide bonds. The number of aromatic carboxylic acids is 1. The molecule has 4 nitrogen and oxygen atoms in total. The number of hydrogen-bond donors (Lipinski definition) is 2. The molecule has 3 N–H and O–H groups in total. The number of fused-ring (bicyclic) bond motifs is 1. The van der Waals surface area contributed by atoms with Crippen molar-refractivity contribution in [3.8, 4) is 0 Å². The minimum atomic E-state index is -1.08. The lowest BCUT2D eigenvalue weighted by atomic mass is 10.1. The second kappa shape index (κ2) is 3.51. The zero-order chi connectivity index (χ0) is 11.0. The smallest absolute Gasteiger partial charge is 0.355 e. The molecule has 0 unspecified atom stereocenters. The maximum Gasteiger partial charge on any atom is 0.355 e. The third kappa shape index (κ3) is 1.55. The fourth-order valence-corrected chi connectivity index (χ4v) is 1.91. The summed E-state index contributed by atoms with van der Waals surface area (Å²) in [6, 6.07) is 5.16. The number of carboxylic acid groups (broad SMARTS) is 1. The summed E-state index contributed by atoms with van der Waals surface area (Å²) in [4.78, 5) is 14.8. The molecule has 1 aromatic carbocycles. The van der Waals surface area contributed by atoms with E-state index in [2.05, 4.69) is 20.9 Å². The molecular formula is C10H7BrN2O2. The third-order valence-electron chi connectivity index (χ3n) is 2.11. The van der Waals surface area contributed by atoms with Crippen molar-refractivity contribution >= 4 is 38.4 Å². The van der Waals surface area contributed by atoms with Crippen LogP contribution in [0.15, 0.2) is 28.9 Å². The number of hydrogen-bond acceptors (Lipinski definition) is 3. The van der Waals surface area contributed by atoms with E-state index in [9.17, 15) is 4.79 Å². The summed E-state index contributed by atoms with van der Waals surface area (Å²) in [6.45, 7) is 0. The van der Waals surface area contributed by atoms with Crippen molar-refractivity contribution in [3.05, 3.63) is 34.6 Å². The maximum absolute atomic E-state index is 10.9. The number of nitrogens with two attached hydrogens (primary N) is 1. The number of pyridine rings is 1.